The van der Waals surface area contributed by atoms with Gasteiger partial charge in [-0.05, 0) is 42.2 Å². The highest BCUT2D eigenvalue weighted by molar-refractivity contribution is 5.95. The molecule has 2 rings (SSSR count). The van der Waals surface area contributed by atoms with Gasteiger partial charge in [0.15, 0.2) is 6.61 Å². The number of hydrazine groups is 1. The zero-order valence-electron chi connectivity index (χ0n) is 15.1. The third kappa shape index (κ3) is 5.81. The molecule has 8 heteroatoms. The van der Waals surface area contributed by atoms with Gasteiger partial charge in [-0.15, -0.1) is 0 Å². The summed E-state index contributed by atoms with van der Waals surface area (Å²) in [6.45, 7) is 3.99. The summed E-state index contributed by atoms with van der Waals surface area (Å²) in [5.41, 5.74) is 5.72. The Morgan fingerprint density at radius 3 is 2.26 bits per heavy atom. The highest BCUT2D eigenvalue weighted by Crippen LogP contribution is 2.21. The summed E-state index contributed by atoms with van der Waals surface area (Å²) >= 11 is 0. The number of carbonyl (C=O) groups excluding carboxylic acids is 2. The standard InChI is InChI=1S/C19H21N3O5/c1-3-13(2)14-6-10-17(11-7-14)27-12-18(23)20-21-19(24)15-4-8-16(9-5-15)22(25)26/h4-11,13H,3,12H2,1-2H3,(H,20,23)(H,21,24). The summed E-state index contributed by atoms with van der Waals surface area (Å²) < 4.78 is 5.38. The highest BCUT2D eigenvalue weighted by atomic mass is 16.6. The maximum Gasteiger partial charge on any atom is 0.276 e. The summed E-state index contributed by atoms with van der Waals surface area (Å²) in [7, 11) is 0. The lowest BCUT2D eigenvalue weighted by Crippen LogP contribution is -2.43. The number of ether oxygens (including phenoxy) is 1. The van der Waals surface area contributed by atoms with Crippen LogP contribution in [0.15, 0.2) is 48.5 Å². The summed E-state index contributed by atoms with van der Waals surface area (Å²) in [4.78, 5) is 33.7. The van der Waals surface area contributed by atoms with Gasteiger partial charge in [0.2, 0.25) is 0 Å². The number of amides is 2. The van der Waals surface area contributed by atoms with Crippen LogP contribution in [0.3, 0.4) is 0 Å². The molecule has 0 spiro atoms. The molecule has 2 amide bonds. The van der Waals surface area contributed by atoms with E-state index in [1.807, 2.05) is 12.1 Å². The maximum atomic E-state index is 11.9. The molecule has 1 unspecified atom stereocenters. The minimum Gasteiger partial charge on any atom is -0.484 e. The number of nitrogens with one attached hydrogen (secondary N) is 2. The number of nitrogens with zero attached hydrogens (tertiary/aromatic N) is 1. The highest BCUT2D eigenvalue weighted by Gasteiger charge is 2.11. The van der Waals surface area contributed by atoms with Crippen LogP contribution >= 0.6 is 0 Å². The van der Waals surface area contributed by atoms with Crippen molar-refractivity contribution in [3.05, 3.63) is 69.8 Å². The van der Waals surface area contributed by atoms with Gasteiger partial charge in [-0.25, -0.2) is 0 Å². The third-order valence-electron chi connectivity index (χ3n) is 4.09. The molecule has 2 aromatic carbocycles. The van der Waals surface area contributed by atoms with E-state index in [2.05, 4.69) is 24.7 Å². The Morgan fingerprint density at radius 1 is 1.07 bits per heavy atom. The van der Waals surface area contributed by atoms with Crippen molar-refractivity contribution in [2.45, 2.75) is 26.2 Å². The van der Waals surface area contributed by atoms with Gasteiger partial charge < -0.3 is 4.74 Å². The van der Waals surface area contributed by atoms with Gasteiger partial charge in [0, 0.05) is 17.7 Å². The summed E-state index contributed by atoms with van der Waals surface area (Å²) in [6, 6.07) is 12.5. The average molecular weight is 371 g/mol. The van der Waals surface area contributed by atoms with E-state index in [4.69, 9.17) is 4.74 Å². The minimum atomic E-state index is -0.587. The first-order valence-corrected chi connectivity index (χ1v) is 8.47. The van der Waals surface area contributed by atoms with E-state index in [0.717, 1.165) is 6.42 Å². The van der Waals surface area contributed by atoms with Crippen molar-refractivity contribution in [1.82, 2.24) is 10.9 Å². The minimum absolute atomic E-state index is 0.122. The summed E-state index contributed by atoms with van der Waals surface area (Å²) in [5, 5.41) is 10.6. The molecule has 2 N–H and O–H groups in total. The van der Waals surface area contributed by atoms with E-state index >= 15 is 0 Å². The Morgan fingerprint density at radius 2 is 1.70 bits per heavy atom. The number of hydrogen-bond donors (Lipinski definition) is 2. The van der Waals surface area contributed by atoms with Crippen molar-refractivity contribution in [3.63, 3.8) is 0 Å². The zero-order chi connectivity index (χ0) is 19.8. The Hall–Kier alpha value is -3.42. The smallest absolute Gasteiger partial charge is 0.276 e. The van der Waals surface area contributed by atoms with E-state index in [9.17, 15) is 19.7 Å². The van der Waals surface area contributed by atoms with Crippen LogP contribution in [0.1, 0.15) is 42.1 Å². The van der Waals surface area contributed by atoms with E-state index in [-0.39, 0.29) is 17.9 Å². The number of nitro benzene ring substituents is 1. The Balaban J connectivity index is 1.78. The van der Waals surface area contributed by atoms with Gasteiger partial charge in [0.1, 0.15) is 5.75 Å². The van der Waals surface area contributed by atoms with Crippen molar-refractivity contribution in [1.29, 1.82) is 0 Å². The largest absolute Gasteiger partial charge is 0.484 e. The molecular formula is C19H21N3O5. The maximum absolute atomic E-state index is 11.9. The number of nitro groups is 1. The molecule has 142 valence electrons. The van der Waals surface area contributed by atoms with Gasteiger partial charge in [-0.1, -0.05) is 26.0 Å². The number of non-ortho nitro benzene ring substituents is 1. The van der Waals surface area contributed by atoms with Crippen molar-refractivity contribution >= 4 is 17.5 Å². The Labute approximate surface area is 156 Å². The molecule has 0 saturated heterocycles. The molecule has 2 aromatic rings. The molecule has 27 heavy (non-hydrogen) atoms. The van der Waals surface area contributed by atoms with Crippen molar-refractivity contribution in [3.8, 4) is 5.75 Å². The van der Waals surface area contributed by atoms with E-state index < -0.39 is 16.7 Å². The fraction of sp³-hybridized carbons (Fsp3) is 0.263. The topological polar surface area (TPSA) is 111 Å². The van der Waals surface area contributed by atoms with Crippen LogP contribution in [0.2, 0.25) is 0 Å². The average Bonchev–Trinajstić information content (AvgIpc) is 2.70. The predicted molar refractivity (Wildman–Crippen MR) is 99.3 cm³/mol. The number of rotatable bonds is 7. The predicted octanol–water partition coefficient (Wildman–Crippen LogP) is 2.95. The fourth-order valence-electron chi connectivity index (χ4n) is 2.25. The fourth-order valence-corrected chi connectivity index (χ4v) is 2.25. The van der Waals surface area contributed by atoms with Gasteiger partial charge in [0.05, 0.1) is 4.92 Å². The first-order chi connectivity index (χ1) is 12.9. The van der Waals surface area contributed by atoms with Crippen LogP contribution in [0.5, 0.6) is 5.75 Å². The first kappa shape index (κ1) is 19.9. The molecule has 0 bridgehead atoms. The number of hydrogen-bond acceptors (Lipinski definition) is 5. The second kappa shape index (κ2) is 9.33. The van der Waals surface area contributed by atoms with Crippen molar-refractivity contribution < 1.29 is 19.2 Å². The SMILES string of the molecule is CCC(C)c1ccc(OCC(=O)NNC(=O)c2ccc([N+](=O)[O-])cc2)cc1. The van der Waals surface area contributed by atoms with E-state index in [1.54, 1.807) is 12.1 Å². The Kier molecular flexibility index (Phi) is 6.87. The van der Waals surface area contributed by atoms with Gasteiger partial charge >= 0.3 is 0 Å². The van der Waals surface area contributed by atoms with Gasteiger partial charge in [-0.2, -0.15) is 0 Å². The monoisotopic (exact) mass is 371 g/mol. The molecule has 0 aromatic heterocycles. The molecular weight excluding hydrogens is 350 g/mol. The lowest BCUT2D eigenvalue weighted by molar-refractivity contribution is -0.384. The molecule has 0 aliphatic carbocycles. The van der Waals surface area contributed by atoms with E-state index in [1.165, 1.54) is 29.8 Å². The van der Waals surface area contributed by atoms with Crippen LogP contribution in [0, 0.1) is 10.1 Å². The van der Waals surface area contributed by atoms with Crippen LogP contribution in [0.25, 0.3) is 0 Å². The van der Waals surface area contributed by atoms with Crippen LogP contribution in [-0.4, -0.2) is 23.3 Å². The molecule has 0 saturated carbocycles. The second-order valence-electron chi connectivity index (χ2n) is 5.97. The number of benzene rings is 2. The molecule has 0 aliphatic rings. The number of carbonyl (C=O) groups is 2. The molecule has 0 heterocycles. The van der Waals surface area contributed by atoms with Gasteiger partial charge in [-0.3, -0.25) is 30.6 Å². The van der Waals surface area contributed by atoms with E-state index in [0.29, 0.717) is 11.7 Å². The van der Waals surface area contributed by atoms with Crippen molar-refractivity contribution in [2.75, 3.05) is 6.61 Å². The molecule has 1 atom stereocenters. The van der Waals surface area contributed by atoms with Crippen LogP contribution in [-0.2, 0) is 4.79 Å². The summed E-state index contributed by atoms with van der Waals surface area (Å²) in [5.74, 6) is -0.108. The molecule has 0 fully saturated rings. The van der Waals surface area contributed by atoms with Gasteiger partial charge in [0.25, 0.3) is 17.5 Å². The molecule has 0 radical (unpaired) electrons. The first-order valence-electron chi connectivity index (χ1n) is 8.47. The normalized spacial score (nSPS) is 11.3. The van der Waals surface area contributed by atoms with Crippen LogP contribution in [0.4, 0.5) is 5.69 Å². The Bertz CT molecular complexity index is 803. The summed E-state index contributed by atoms with van der Waals surface area (Å²) in [6.07, 6.45) is 1.04. The zero-order valence-corrected chi connectivity index (χ0v) is 15.1. The lowest BCUT2D eigenvalue weighted by Gasteiger charge is -2.11. The lowest BCUT2D eigenvalue weighted by atomic mass is 9.99. The molecule has 0 aliphatic heterocycles. The van der Waals surface area contributed by atoms with Crippen LogP contribution < -0.4 is 15.6 Å². The third-order valence-corrected chi connectivity index (χ3v) is 4.09. The van der Waals surface area contributed by atoms with Crippen molar-refractivity contribution in [2.24, 2.45) is 0 Å². The second-order valence-corrected chi connectivity index (χ2v) is 5.97. The molecule has 8 nitrogen and oxygen atoms in total. The quantitative estimate of drug-likeness (QED) is 0.574.